The third-order valence-corrected chi connectivity index (χ3v) is 9.28. The number of carbonyl (C=O) groups excluding carboxylic acids is 2. The molecule has 3 aliphatic heterocycles. The average molecular weight is 441 g/mol. The number of rotatable bonds is 3. The van der Waals surface area contributed by atoms with E-state index in [1.807, 2.05) is 23.6 Å². The van der Waals surface area contributed by atoms with Crippen LogP contribution in [0.25, 0.3) is 0 Å². The van der Waals surface area contributed by atoms with Crippen molar-refractivity contribution in [3.05, 3.63) is 0 Å². The van der Waals surface area contributed by atoms with E-state index >= 15 is 0 Å². The van der Waals surface area contributed by atoms with Crippen molar-refractivity contribution in [1.29, 1.82) is 0 Å². The van der Waals surface area contributed by atoms with Crippen LogP contribution in [-0.2, 0) is 14.8 Å². The molecule has 0 unspecified atom stereocenters. The molecule has 3 amide bonds. The Labute approximate surface area is 180 Å². The standard InChI is InChI=1S/C21H36N4O4S/c1-16(2)22-19(27)24-12-8-20(9-13-24)6-7-21(18(26)23-10-4-5-11-23)15-25(14-17(20)21)30(3,28)29/h16-17H,4-15H2,1-3H3,(H,22,27)/t17-,21+/m1/s1. The highest BCUT2D eigenvalue weighted by Gasteiger charge is 2.66. The van der Waals surface area contributed by atoms with Gasteiger partial charge in [0.25, 0.3) is 0 Å². The first kappa shape index (κ1) is 21.9. The summed E-state index contributed by atoms with van der Waals surface area (Å²) < 4.78 is 26.4. The molecule has 1 aliphatic carbocycles. The van der Waals surface area contributed by atoms with Gasteiger partial charge in [0.1, 0.15) is 0 Å². The van der Waals surface area contributed by atoms with Crippen molar-refractivity contribution in [2.75, 3.05) is 45.5 Å². The zero-order chi connectivity index (χ0) is 21.7. The summed E-state index contributed by atoms with van der Waals surface area (Å²) in [5.41, 5.74) is -0.640. The van der Waals surface area contributed by atoms with Crippen molar-refractivity contribution >= 4 is 22.0 Å². The number of fused-ring (bicyclic) bond motifs is 2. The lowest BCUT2D eigenvalue weighted by atomic mass is 9.65. The Balaban J connectivity index is 1.57. The van der Waals surface area contributed by atoms with Crippen LogP contribution < -0.4 is 5.32 Å². The molecule has 0 aromatic heterocycles. The van der Waals surface area contributed by atoms with Crippen molar-refractivity contribution in [3.63, 3.8) is 0 Å². The van der Waals surface area contributed by atoms with Gasteiger partial charge in [-0.2, -0.15) is 0 Å². The van der Waals surface area contributed by atoms with E-state index in [4.69, 9.17) is 0 Å². The van der Waals surface area contributed by atoms with E-state index in [1.165, 1.54) is 6.26 Å². The molecular weight excluding hydrogens is 404 g/mol. The Morgan fingerprint density at radius 3 is 2.17 bits per heavy atom. The number of sulfonamides is 1. The van der Waals surface area contributed by atoms with E-state index in [9.17, 15) is 18.0 Å². The van der Waals surface area contributed by atoms with Crippen LogP contribution in [0.4, 0.5) is 4.79 Å². The lowest BCUT2D eigenvalue weighted by molar-refractivity contribution is -0.142. The van der Waals surface area contributed by atoms with Crippen LogP contribution in [0.5, 0.6) is 0 Å². The van der Waals surface area contributed by atoms with E-state index in [0.29, 0.717) is 26.2 Å². The molecule has 1 N–H and O–H groups in total. The van der Waals surface area contributed by atoms with Crippen molar-refractivity contribution in [2.45, 2.75) is 58.4 Å². The molecular formula is C21H36N4O4S. The molecule has 9 heteroatoms. The van der Waals surface area contributed by atoms with Crippen molar-refractivity contribution < 1.29 is 18.0 Å². The molecule has 170 valence electrons. The molecule has 0 radical (unpaired) electrons. The Morgan fingerprint density at radius 1 is 0.967 bits per heavy atom. The van der Waals surface area contributed by atoms with Gasteiger partial charge in [0.2, 0.25) is 15.9 Å². The highest BCUT2D eigenvalue weighted by molar-refractivity contribution is 7.88. The van der Waals surface area contributed by atoms with Crippen LogP contribution in [0.3, 0.4) is 0 Å². The molecule has 4 rings (SSSR count). The maximum atomic E-state index is 13.7. The first-order valence-corrected chi connectivity index (χ1v) is 13.2. The number of amides is 3. The van der Waals surface area contributed by atoms with Gasteiger partial charge < -0.3 is 15.1 Å². The van der Waals surface area contributed by atoms with E-state index in [0.717, 1.165) is 51.6 Å². The smallest absolute Gasteiger partial charge is 0.317 e. The van der Waals surface area contributed by atoms with E-state index in [1.54, 1.807) is 4.31 Å². The summed E-state index contributed by atoms with van der Waals surface area (Å²) >= 11 is 0. The van der Waals surface area contributed by atoms with Gasteiger partial charge in [-0.3, -0.25) is 4.79 Å². The summed E-state index contributed by atoms with van der Waals surface area (Å²) in [7, 11) is -3.34. The Bertz CT molecular complexity index is 800. The molecule has 0 aromatic carbocycles. The molecule has 3 heterocycles. The van der Waals surface area contributed by atoms with Crippen LogP contribution in [0.15, 0.2) is 0 Å². The third-order valence-electron chi connectivity index (χ3n) is 8.07. The zero-order valence-electron chi connectivity index (χ0n) is 18.5. The third kappa shape index (κ3) is 3.61. The molecule has 3 saturated heterocycles. The lowest BCUT2D eigenvalue weighted by Gasteiger charge is -2.44. The van der Waals surface area contributed by atoms with Gasteiger partial charge in [-0.1, -0.05) is 0 Å². The Kier molecular flexibility index (Phi) is 5.58. The van der Waals surface area contributed by atoms with E-state index < -0.39 is 15.4 Å². The molecule has 2 atom stereocenters. The summed E-state index contributed by atoms with van der Waals surface area (Å²) in [6.07, 6.45) is 6.73. The van der Waals surface area contributed by atoms with Crippen LogP contribution in [0, 0.1) is 16.7 Å². The number of nitrogens with zero attached hydrogens (tertiary/aromatic N) is 3. The van der Waals surface area contributed by atoms with Crippen LogP contribution >= 0.6 is 0 Å². The van der Waals surface area contributed by atoms with Crippen LogP contribution in [0.2, 0.25) is 0 Å². The van der Waals surface area contributed by atoms with Crippen molar-refractivity contribution in [3.8, 4) is 0 Å². The number of urea groups is 1. The van der Waals surface area contributed by atoms with Gasteiger partial charge in [0.05, 0.1) is 11.7 Å². The number of likely N-dealkylation sites (tertiary alicyclic amines) is 2. The summed E-state index contributed by atoms with van der Waals surface area (Å²) in [5, 5.41) is 2.97. The summed E-state index contributed by atoms with van der Waals surface area (Å²) in [6.45, 7) is 7.60. The monoisotopic (exact) mass is 440 g/mol. The minimum absolute atomic E-state index is 0.0264. The van der Waals surface area contributed by atoms with E-state index in [2.05, 4.69) is 5.32 Å². The fourth-order valence-corrected chi connectivity index (χ4v) is 7.34. The second kappa shape index (κ2) is 7.65. The SMILES string of the molecule is CC(C)NC(=O)N1CCC2(CC1)CC[C@]1(C(=O)N3CCCC3)CN(S(C)(=O)=O)C[C@H]21. The van der Waals surface area contributed by atoms with Crippen molar-refractivity contribution in [2.24, 2.45) is 16.7 Å². The first-order chi connectivity index (χ1) is 14.1. The lowest BCUT2D eigenvalue weighted by Crippen LogP contribution is -2.52. The molecule has 0 aromatic rings. The van der Waals surface area contributed by atoms with Gasteiger partial charge in [0.15, 0.2) is 0 Å². The molecule has 30 heavy (non-hydrogen) atoms. The largest absolute Gasteiger partial charge is 0.342 e. The highest BCUT2D eigenvalue weighted by atomic mass is 32.2. The number of hydrogen-bond acceptors (Lipinski definition) is 4. The Hall–Kier alpha value is -1.35. The molecule has 8 nitrogen and oxygen atoms in total. The van der Waals surface area contributed by atoms with Gasteiger partial charge >= 0.3 is 6.03 Å². The predicted octanol–water partition coefficient (Wildman–Crippen LogP) is 1.48. The molecule has 4 fully saturated rings. The maximum absolute atomic E-state index is 13.7. The van der Waals surface area contributed by atoms with Crippen molar-refractivity contribution in [1.82, 2.24) is 19.4 Å². The minimum atomic E-state index is -3.34. The fraction of sp³-hybridized carbons (Fsp3) is 0.905. The summed E-state index contributed by atoms with van der Waals surface area (Å²) in [6, 6.07) is 0.0742. The second-order valence-corrected chi connectivity index (χ2v) is 12.2. The Morgan fingerprint density at radius 2 is 1.60 bits per heavy atom. The topological polar surface area (TPSA) is 90.0 Å². The summed E-state index contributed by atoms with van der Waals surface area (Å²) in [5.74, 6) is 0.219. The minimum Gasteiger partial charge on any atom is -0.342 e. The number of hydrogen-bond donors (Lipinski definition) is 1. The summed E-state index contributed by atoms with van der Waals surface area (Å²) in [4.78, 5) is 30.0. The van der Waals surface area contributed by atoms with Crippen LogP contribution in [0.1, 0.15) is 52.4 Å². The van der Waals surface area contributed by atoms with Gasteiger partial charge in [0, 0.05) is 45.3 Å². The van der Waals surface area contributed by atoms with Gasteiger partial charge in [-0.25, -0.2) is 17.5 Å². The van der Waals surface area contributed by atoms with Gasteiger partial charge in [-0.15, -0.1) is 0 Å². The molecule has 1 saturated carbocycles. The molecule has 4 aliphatic rings. The normalized spacial score (nSPS) is 31.5. The van der Waals surface area contributed by atoms with E-state index in [-0.39, 0.29) is 29.3 Å². The highest BCUT2D eigenvalue weighted by Crippen LogP contribution is 2.63. The average Bonchev–Trinajstić information content (AvgIpc) is 3.38. The number of piperidine rings is 1. The fourth-order valence-electron chi connectivity index (χ4n) is 6.45. The number of carbonyl (C=O) groups is 2. The maximum Gasteiger partial charge on any atom is 0.317 e. The first-order valence-electron chi connectivity index (χ1n) is 11.4. The second-order valence-electron chi connectivity index (χ2n) is 10.2. The molecule has 0 bridgehead atoms. The zero-order valence-corrected chi connectivity index (χ0v) is 19.3. The number of nitrogens with one attached hydrogen (secondary N) is 1. The van der Waals surface area contributed by atoms with Crippen LogP contribution in [-0.4, -0.2) is 86.0 Å². The molecule has 1 spiro atoms. The predicted molar refractivity (Wildman–Crippen MR) is 114 cm³/mol. The van der Waals surface area contributed by atoms with Gasteiger partial charge in [-0.05, 0) is 63.7 Å². The quantitative estimate of drug-likeness (QED) is 0.720.